The fourth-order valence-corrected chi connectivity index (χ4v) is 1.52. The van der Waals surface area contributed by atoms with E-state index in [2.05, 4.69) is 22.2 Å². The van der Waals surface area contributed by atoms with E-state index in [9.17, 15) is 0 Å². The van der Waals surface area contributed by atoms with E-state index < -0.39 is 0 Å². The first-order valence-corrected chi connectivity index (χ1v) is 5.22. The highest BCUT2D eigenvalue weighted by Crippen LogP contribution is 2.16. The molecule has 6 heteroatoms. The summed E-state index contributed by atoms with van der Waals surface area (Å²) >= 11 is 4.80. The molecule has 0 atom stereocenters. The molecule has 0 aliphatic rings. The predicted molar refractivity (Wildman–Crippen MR) is 57.9 cm³/mol. The highest BCUT2D eigenvalue weighted by atomic mass is 32.1. The molecule has 5 nitrogen and oxygen atoms in total. The number of nitrogens with zero attached hydrogens (tertiary/aromatic N) is 3. The third-order valence-electron chi connectivity index (χ3n) is 2.07. The van der Waals surface area contributed by atoms with E-state index in [4.69, 9.17) is 16.6 Å². The molecule has 0 fully saturated rings. The summed E-state index contributed by atoms with van der Waals surface area (Å²) < 4.78 is 7.12. The molecule has 0 aromatic carbocycles. The number of nitrogens with one attached hydrogen (secondary N) is 1. The summed E-state index contributed by atoms with van der Waals surface area (Å²) in [5, 5.41) is 10.9. The van der Waals surface area contributed by atoms with Gasteiger partial charge in [-0.05, 0) is 31.6 Å². The van der Waals surface area contributed by atoms with Gasteiger partial charge in [0.25, 0.3) is 10.7 Å². The van der Waals surface area contributed by atoms with Crippen molar-refractivity contribution in [3.05, 3.63) is 16.6 Å². The van der Waals surface area contributed by atoms with Gasteiger partial charge >= 0.3 is 0 Å². The van der Waals surface area contributed by atoms with Gasteiger partial charge < -0.3 is 4.42 Å². The summed E-state index contributed by atoms with van der Waals surface area (Å²) in [4.78, 5) is 0.271. The average Bonchev–Trinajstić information content (AvgIpc) is 2.75. The first-order valence-electron chi connectivity index (χ1n) is 4.81. The summed E-state index contributed by atoms with van der Waals surface area (Å²) in [7, 11) is 0. The van der Waals surface area contributed by atoms with Crippen LogP contribution >= 0.6 is 12.2 Å². The van der Waals surface area contributed by atoms with Gasteiger partial charge in [-0.1, -0.05) is 6.92 Å². The van der Waals surface area contributed by atoms with E-state index in [1.165, 1.54) is 0 Å². The summed E-state index contributed by atoms with van der Waals surface area (Å²) in [5.74, 6) is 0.443. The Labute approximate surface area is 92.1 Å². The molecule has 0 aliphatic heterocycles. The lowest BCUT2D eigenvalue weighted by atomic mass is 10.4. The minimum atomic E-state index is 0.271. The van der Waals surface area contributed by atoms with Crippen LogP contribution in [0.15, 0.2) is 10.5 Å². The molecule has 2 aromatic heterocycles. The van der Waals surface area contributed by atoms with Crippen LogP contribution in [0.4, 0.5) is 0 Å². The lowest BCUT2D eigenvalue weighted by Crippen LogP contribution is -2.00. The zero-order valence-corrected chi connectivity index (χ0v) is 9.47. The highest BCUT2D eigenvalue weighted by molar-refractivity contribution is 7.71. The number of hydrogen-bond acceptors (Lipinski definition) is 4. The van der Waals surface area contributed by atoms with E-state index in [1.807, 2.05) is 17.7 Å². The molecular formula is C9H12N4OS. The zero-order valence-electron chi connectivity index (χ0n) is 8.65. The normalized spacial score (nSPS) is 10.8. The van der Waals surface area contributed by atoms with Crippen molar-refractivity contribution in [3.8, 4) is 11.6 Å². The maximum absolute atomic E-state index is 5.19. The fourth-order valence-electron chi connectivity index (χ4n) is 1.39. The van der Waals surface area contributed by atoms with Crippen LogP contribution in [0.3, 0.4) is 0 Å². The van der Waals surface area contributed by atoms with Crippen LogP contribution < -0.4 is 0 Å². The quantitative estimate of drug-likeness (QED) is 0.813. The van der Waals surface area contributed by atoms with Crippen LogP contribution in [0.25, 0.3) is 11.6 Å². The van der Waals surface area contributed by atoms with E-state index >= 15 is 0 Å². The standard InChI is InChI=1S/C9H12N4OS/c1-3-4-13-6(2)5-7(12-13)8-10-11-9(15)14-8/h5H,3-4H2,1-2H3,(H,11,15). The van der Waals surface area contributed by atoms with Gasteiger partial charge in [0.05, 0.1) is 0 Å². The van der Waals surface area contributed by atoms with Gasteiger partial charge in [0, 0.05) is 12.2 Å². The summed E-state index contributed by atoms with van der Waals surface area (Å²) in [6.45, 7) is 5.02. The van der Waals surface area contributed by atoms with Crippen LogP contribution in [-0.2, 0) is 6.54 Å². The third kappa shape index (κ3) is 1.99. The topological polar surface area (TPSA) is 59.6 Å². The maximum Gasteiger partial charge on any atom is 0.284 e. The van der Waals surface area contributed by atoms with Gasteiger partial charge in [-0.25, -0.2) is 5.10 Å². The highest BCUT2D eigenvalue weighted by Gasteiger charge is 2.10. The molecule has 0 aliphatic carbocycles. The van der Waals surface area contributed by atoms with Crippen LogP contribution in [0, 0.1) is 11.8 Å². The smallest absolute Gasteiger partial charge is 0.284 e. The van der Waals surface area contributed by atoms with Gasteiger partial charge in [-0.15, -0.1) is 5.10 Å². The summed E-state index contributed by atoms with van der Waals surface area (Å²) in [5.41, 5.74) is 1.81. The Kier molecular flexibility index (Phi) is 2.68. The summed E-state index contributed by atoms with van der Waals surface area (Å²) in [6, 6.07) is 1.93. The molecular weight excluding hydrogens is 212 g/mol. The second kappa shape index (κ2) is 3.98. The van der Waals surface area contributed by atoms with E-state index in [0.29, 0.717) is 11.6 Å². The Balaban J connectivity index is 2.37. The average molecular weight is 224 g/mol. The van der Waals surface area contributed by atoms with Gasteiger partial charge in [0.15, 0.2) is 0 Å². The van der Waals surface area contributed by atoms with Crippen LogP contribution in [0.5, 0.6) is 0 Å². The van der Waals surface area contributed by atoms with Crippen molar-refractivity contribution in [2.75, 3.05) is 0 Å². The molecule has 80 valence electrons. The van der Waals surface area contributed by atoms with E-state index in [1.54, 1.807) is 0 Å². The first-order chi connectivity index (χ1) is 7.20. The molecule has 2 aromatic rings. The van der Waals surface area contributed by atoms with Crippen molar-refractivity contribution in [2.45, 2.75) is 26.8 Å². The van der Waals surface area contributed by atoms with Gasteiger partial charge in [0.2, 0.25) is 0 Å². The molecule has 0 saturated heterocycles. The molecule has 0 saturated carbocycles. The van der Waals surface area contributed by atoms with Gasteiger partial charge in [0.1, 0.15) is 5.69 Å². The zero-order chi connectivity index (χ0) is 10.8. The molecule has 0 bridgehead atoms. The lowest BCUT2D eigenvalue weighted by molar-refractivity contribution is 0.543. The Morgan fingerprint density at radius 3 is 3.00 bits per heavy atom. The van der Waals surface area contributed by atoms with E-state index in [0.717, 1.165) is 18.7 Å². The Morgan fingerprint density at radius 2 is 2.40 bits per heavy atom. The van der Waals surface area contributed by atoms with Gasteiger partial charge in [-0.2, -0.15) is 5.10 Å². The molecule has 2 rings (SSSR count). The van der Waals surface area contributed by atoms with Crippen molar-refractivity contribution >= 4 is 12.2 Å². The second-order valence-electron chi connectivity index (χ2n) is 3.31. The van der Waals surface area contributed by atoms with Crippen molar-refractivity contribution in [1.29, 1.82) is 0 Å². The maximum atomic E-state index is 5.19. The fraction of sp³-hybridized carbons (Fsp3) is 0.444. The SMILES string of the molecule is CCCn1nc(-c2n[nH]c(=S)o2)cc1C. The second-order valence-corrected chi connectivity index (χ2v) is 3.68. The predicted octanol–water partition coefficient (Wildman–Crippen LogP) is 2.31. The molecule has 0 unspecified atom stereocenters. The monoisotopic (exact) mass is 224 g/mol. The van der Waals surface area contributed by atoms with Gasteiger partial charge in [-0.3, -0.25) is 4.68 Å². The van der Waals surface area contributed by atoms with Crippen molar-refractivity contribution < 1.29 is 4.42 Å². The summed E-state index contributed by atoms with van der Waals surface area (Å²) in [6.07, 6.45) is 1.05. The Bertz CT molecular complexity index is 510. The molecule has 0 radical (unpaired) electrons. The van der Waals surface area contributed by atoms with Crippen molar-refractivity contribution in [2.24, 2.45) is 0 Å². The molecule has 0 amide bonds. The Morgan fingerprint density at radius 1 is 1.60 bits per heavy atom. The number of rotatable bonds is 3. The number of H-pyrrole nitrogens is 1. The molecule has 1 N–H and O–H groups in total. The number of aryl methyl sites for hydroxylation is 2. The lowest BCUT2D eigenvalue weighted by Gasteiger charge is -1.98. The molecule has 15 heavy (non-hydrogen) atoms. The number of aromatic nitrogens is 4. The van der Waals surface area contributed by atoms with Crippen molar-refractivity contribution in [1.82, 2.24) is 20.0 Å². The third-order valence-corrected chi connectivity index (χ3v) is 2.25. The number of hydrogen-bond donors (Lipinski definition) is 1. The minimum absolute atomic E-state index is 0.271. The van der Waals surface area contributed by atoms with E-state index in [-0.39, 0.29) is 4.84 Å². The first kappa shape index (κ1) is 10.1. The minimum Gasteiger partial charge on any atom is -0.408 e. The van der Waals surface area contributed by atoms with Crippen molar-refractivity contribution in [3.63, 3.8) is 0 Å². The molecule has 2 heterocycles. The van der Waals surface area contributed by atoms with Crippen LogP contribution in [0.1, 0.15) is 19.0 Å². The molecule has 0 spiro atoms. The van der Waals surface area contributed by atoms with Crippen LogP contribution in [-0.4, -0.2) is 20.0 Å². The number of aromatic amines is 1. The van der Waals surface area contributed by atoms with Crippen LogP contribution in [0.2, 0.25) is 0 Å². The largest absolute Gasteiger partial charge is 0.408 e. The Hall–Kier alpha value is -1.43.